The summed E-state index contributed by atoms with van der Waals surface area (Å²) in [6.45, 7) is 3.81. The number of sulfonamides is 1. The van der Waals surface area contributed by atoms with E-state index >= 15 is 0 Å². The van der Waals surface area contributed by atoms with Crippen LogP contribution in [-0.4, -0.2) is 45.9 Å². The van der Waals surface area contributed by atoms with Gasteiger partial charge in [-0.15, -0.1) is 0 Å². The molecule has 1 amide bonds. The highest BCUT2D eigenvalue weighted by Crippen LogP contribution is 2.41. The lowest BCUT2D eigenvalue weighted by Crippen LogP contribution is -2.52. The summed E-state index contributed by atoms with van der Waals surface area (Å²) in [6.07, 6.45) is 0.698. The predicted molar refractivity (Wildman–Crippen MR) is 116 cm³/mol. The molecule has 0 saturated carbocycles. The molecule has 1 N–H and O–H groups in total. The van der Waals surface area contributed by atoms with Crippen molar-refractivity contribution >= 4 is 21.6 Å². The van der Waals surface area contributed by atoms with Gasteiger partial charge in [0.2, 0.25) is 10.0 Å². The van der Waals surface area contributed by atoms with Crippen LogP contribution in [-0.2, 0) is 14.8 Å². The number of anilines is 1. The van der Waals surface area contributed by atoms with Crippen LogP contribution in [0.15, 0.2) is 42.5 Å². The van der Waals surface area contributed by atoms with E-state index in [2.05, 4.69) is 5.32 Å². The second-order valence-corrected chi connectivity index (χ2v) is 10.3. The van der Waals surface area contributed by atoms with Crippen molar-refractivity contribution in [2.75, 3.05) is 24.2 Å². The van der Waals surface area contributed by atoms with E-state index in [9.17, 15) is 13.2 Å². The van der Waals surface area contributed by atoms with Gasteiger partial charge in [-0.3, -0.25) is 9.10 Å². The fourth-order valence-electron chi connectivity index (χ4n) is 4.01. The molecule has 9 heteroatoms. The lowest BCUT2D eigenvalue weighted by atomic mass is 9.89. The van der Waals surface area contributed by atoms with Crippen molar-refractivity contribution in [3.05, 3.63) is 48.0 Å². The summed E-state index contributed by atoms with van der Waals surface area (Å²) in [6, 6.07) is 12.0. The van der Waals surface area contributed by atoms with Crippen LogP contribution in [0.1, 0.15) is 31.9 Å². The maximum atomic E-state index is 13.2. The van der Waals surface area contributed by atoms with Gasteiger partial charge >= 0.3 is 0 Å². The number of carbonyl (C=O) groups is 1. The van der Waals surface area contributed by atoms with Gasteiger partial charge in [0.05, 0.1) is 31.6 Å². The number of benzene rings is 2. The van der Waals surface area contributed by atoms with Crippen LogP contribution in [0.3, 0.4) is 0 Å². The second-order valence-electron chi connectivity index (χ2n) is 8.40. The highest BCUT2D eigenvalue weighted by Gasteiger charge is 2.39. The molecule has 0 aliphatic carbocycles. The van der Waals surface area contributed by atoms with Crippen LogP contribution in [0.4, 0.5) is 5.69 Å². The first kappa shape index (κ1) is 21.3. The topological polar surface area (TPSA) is 94.2 Å². The molecule has 2 aliphatic heterocycles. The van der Waals surface area contributed by atoms with Crippen molar-refractivity contribution in [1.82, 2.24) is 5.32 Å². The van der Waals surface area contributed by atoms with Crippen molar-refractivity contribution < 1.29 is 27.4 Å². The molecule has 0 saturated heterocycles. The molecular weight excluding hydrogens is 420 g/mol. The molecule has 0 spiro atoms. The molecule has 31 heavy (non-hydrogen) atoms. The molecule has 0 unspecified atom stereocenters. The minimum Gasteiger partial charge on any atom is -0.497 e. The number of nitrogens with one attached hydrogen (secondary N) is 1. The number of methoxy groups -OCH3 is 1. The SMILES string of the molecule is COc1ccc2c(c1)OC(C)(C)C[C@@H]2NC(=O)[C@H]1CN(S(C)(=O)=O)c2ccccc2O1. The van der Waals surface area contributed by atoms with Crippen molar-refractivity contribution in [1.29, 1.82) is 0 Å². The van der Waals surface area contributed by atoms with E-state index in [0.29, 0.717) is 29.4 Å². The third-order valence-corrected chi connectivity index (χ3v) is 6.57. The van der Waals surface area contributed by atoms with Gasteiger partial charge < -0.3 is 19.5 Å². The Morgan fingerprint density at radius 3 is 2.65 bits per heavy atom. The van der Waals surface area contributed by atoms with Crippen LogP contribution in [0.5, 0.6) is 17.2 Å². The maximum absolute atomic E-state index is 13.2. The monoisotopic (exact) mass is 446 g/mol. The van der Waals surface area contributed by atoms with E-state index in [1.807, 2.05) is 26.0 Å². The van der Waals surface area contributed by atoms with Crippen LogP contribution in [0.25, 0.3) is 0 Å². The Morgan fingerprint density at radius 2 is 1.94 bits per heavy atom. The van der Waals surface area contributed by atoms with Gasteiger partial charge in [0.1, 0.15) is 22.8 Å². The fourth-order valence-corrected chi connectivity index (χ4v) is 4.92. The number of carbonyl (C=O) groups excluding carboxylic acids is 1. The van der Waals surface area contributed by atoms with Gasteiger partial charge in [-0.25, -0.2) is 8.42 Å². The zero-order valence-electron chi connectivity index (χ0n) is 17.9. The van der Waals surface area contributed by atoms with Gasteiger partial charge in [-0.05, 0) is 38.1 Å². The van der Waals surface area contributed by atoms with Gasteiger partial charge in [-0.2, -0.15) is 0 Å². The molecule has 8 nitrogen and oxygen atoms in total. The highest BCUT2D eigenvalue weighted by atomic mass is 32.2. The average Bonchev–Trinajstić information content (AvgIpc) is 2.70. The van der Waals surface area contributed by atoms with E-state index in [1.165, 1.54) is 4.31 Å². The van der Waals surface area contributed by atoms with Crippen LogP contribution in [0, 0.1) is 0 Å². The first-order valence-electron chi connectivity index (χ1n) is 9.98. The standard InChI is InChI=1S/C22H26N2O6S/c1-22(2)12-16(15-10-9-14(28-3)11-19(15)30-22)23-21(25)20-13-24(31(4,26)27)17-7-5-6-8-18(17)29-20/h5-11,16,20H,12-13H2,1-4H3,(H,23,25)/t16-,20+/m0/s1. The number of hydrogen-bond donors (Lipinski definition) is 1. The van der Waals surface area contributed by atoms with Gasteiger partial charge in [0.15, 0.2) is 6.10 Å². The minimum atomic E-state index is -3.57. The van der Waals surface area contributed by atoms with E-state index < -0.39 is 21.7 Å². The molecule has 0 fully saturated rings. The van der Waals surface area contributed by atoms with Crippen molar-refractivity contribution in [3.63, 3.8) is 0 Å². The molecule has 2 aromatic rings. The lowest BCUT2D eigenvalue weighted by Gasteiger charge is -2.39. The van der Waals surface area contributed by atoms with Gasteiger partial charge in [0.25, 0.3) is 5.91 Å². The van der Waals surface area contributed by atoms with E-state index in [4.69, 9.17) is 14.2 Å². The molecule has 0 aromatic heterocycles. The zero-order valence-corrected chi connectivity index (χ0v) is 18.7. The summed E-state index contributed by atoms with van der Waals surface area (Å²) in [5.41, 5.74) is 0.763. The van der Waals surface area contributed by atoms with Crippen LogP contribution >= 0.6 is 0 Å². The number of nitrogens with zero attached hydrogens (tertiary/aromatic N) is 1. The molecule has 4 rings (SSSR count). The first-order valence-corrected chi connectivity index (χ1v) is 11.8. The summed E-state index contributed by atoms with van der Waals surface area (Å²) in [4.78, 5) is 13.2. The second kappa shape index (κ2) is 7.64. The predicted octanol–water partition coefficient (Wildman–Crippen LogP) is 2.64. The third kappa shape index (κ3) is 4.27. The summed E-state index contributed by atoms with van der Waals surface area (Å²) >= 11 is 0. The number of para-hydroxylation sites is 2. The van der Waals surface area contributed by atoms with Crippen molar-refractivity contribution in [2.45, 2.75) is 38.0 Å². The van der Waals surface area contributed by atoms with E-state index in [-0.39, 0.29) is 18.5 Å². The number of fused-ring (bicyclic) bond motifs is 2. The van der Waals surface area contributed by atoms with Gasteiger partial charge in [-0.1, -0.05) is 12.1 Å². The Kier molecular flexibility index (Phi) is 5.25. The zero-order chi connectivity index (χ0) is 22.4. The molecule has 2 atom stereocenters. The van der Waals surface area contributed by atoms with E-state index in [1.54, 1.807) is 37.4 Å². The number of amides is 1. The molecule has 0 radical (unpaired) electrons. The Balaban J connectivity index is 1.60. The molecule has 2 heterocycles. The summed E-state index contributed by atoms with van der Waals surface area (Å²) in [7, 11) is -1.99. The smallest absolute Gasteiger partial charge is 0.263 e. The lowest BCUT2D eigenvalue weighted by molar-refractivity contribution is -0.129. The van der Waals surface area contributed by atoms with Crippen molar-refractivity contribution in [2.24, 2.45) is 0 Å². The first-order chi connectivity index (χ1) is 14.6. The summed E-state index contributed by atoms with van der Waals surface area (Å²) in [5, 5.41) is 3.03. The Bertz CT molecular complexity index is 1110. The minimum absolute atomic E-state index is 0.0935. The normalized spacial score (nSPS) is 21.7. The highest BCUT2D eigenvalue weighted by molar-refractivity contribution is 7.92. The molecule has 2 aromatic carbocycles. The fraction of sp³-hybridized carbons (Fsp3) is 0.409. The van der Waals surface area contributed by atoms with E-state index in [0.717, 1.165) is 11.8 Å². The number of hydrogen-bond acceptors (Lipinski definition) is 6. The number of ether oxygens (including phenoxy) is 3. The Morgan fingerprint density at radius 1 is 1.19 bits per heavy atom. The largest absolute Gasteiger partial charge is 0.497 e. The summed E-state index contributed by atoms with van der Waals surface area (Å²) in [5.74, 6) is 1.29. The molecular formula is C22H26N2O6S. The number of rotatable bonds is 4. The molecule has 166 valence electrons. The van der Waals surface area contributed by atoms with Crippen LogP contribution < -0.4 is 23.8 Å². The quantitative estimate of drug-likeness (QED) is 0.776. The Hall–Kier alpha value is -2.94. The Labute approximate surface area is 182 Å². The molecule has 0 bridgehead atoms. The van der Waals surface area contributed by atoms with Crippen molar-refractivity contribution in [3.8, 4) is 17.2 Å². The average molecular weight is 447 g/mol. The van der Waals surface area contributed by atoms with Crippen LogP contribution in [0.2, 0.25) is 0 Å². The third-order valence-electron chi connectivity index (χ3n) is 5.42. The van der Waals surface area contributed by atoms with Gasteiger partial charge in [0, 0.05) is 18.1 Å². The maximum Gasteiger partial charge on any atom is 0.263 e. The summed E-state index contributed by atoms with van der Waals surface area (Å²) < 4.78 is 43.1. The molecule has 2 aliphatic rings.